The summed E-state index contributed by atoms with van der Waals surface area (Å²) in [6, 6.07) is 13.0. The molecule has 218 valence electrons. The predicted octanol–water partition coefficient (Wildman–Crippen LogP) is 5.43. The molecule has 1 atom stereocenters. The number of hydrogen-bond donors (Lipinski definition) is 3. The number of rotatable bonds is 4. The van der Waals surface area contributed by atoms with Gasteiger partial charge in [-0.3, -0.25) is 9.55 Å². The lowest BCUT2D eigenvalue weighted by Gasteiger charge is -2.34. The third-order valence-corrected chi connectivity index (χ3v) is 8.99. The van der Waals surface area contributed by atoms with Crippen molar-refractivity contribution in [3.8, 4) is 11.5 Å². The predicted molar refractivity (Wildman–Crippen MR) is 163 cm³/mol. The van der Waals surface area contributed by atoms with Crippen LogP contribution in [0.25, 0.3) is 11.1 Å². The second kappa shape index (κ2) is 9.28. The van der Waals surface area contributed by atoms with E-state index in [9.17, 15) is 22.9 Å². The Morgan fingerprint density at radius 1 is 1.02 bits per heavy atom. The summed E-state index contributed by atoms with van der Waals surface area (Å²) in [4.78, 5) is 17.4. The van der Waals surface area contributed by atoms with Crippen LogP contribution in [-0.2, 0) is 10.1 Å². The van der Waals surface area contributed by atoms with Gasteiger partial charge in [-0.2, -0.15) is 8.42 Å². The smallest absolute Gasteiger partial charge is 0.336 e. The van der Waals surface area contributed by atoms with E-state index in [1.165, 1.54) is 0 Å². The van der Waals surface area contributed by atoms with Gasteiger partial charge in [-0.25, -0.2) is 4.79 Å². The second-order valence-corrected chi connectivity index (χ2v) is 14.4. The van der Waals surface area contributed by atoms with Crippen LogP contribution < -0.4 is 20.6 Å². The molecule has 0 amide bonds. The standard InChI is InChI=1S/C33H34N2O6S/c1-17-7-8-20(23(9-17)31(36)37)30-24-10-21-18(2)14-32(3,4)34-26(21)12-28(24)41-29-13-27-22(11-25(29)30)19(16-42(38,39)40)15-33(5,6)35-27/h7-14,19,34H,15-16H2,1-6H3,(H,36,37)(H,38,39,40). The van der Waals surface area contributed by atoms with Gasteiger partial charge >= 0.3 is 5.97 Å². The van der Waals surface area contributed by atoms with Crippen LogP contribution in [0.3, 0.4) is 0 Å². The first-order valence-corrected chi connectivity index (χ1v) is 15.5. The fourth-order valence-corrected chi connectivity index (χ4v) is 7.48. The summed E-state index contributed by atoms with van der Waals surface area (Å²) in [5.41, 5.74) is 5.78. The molecule has 0 fully saturated rings. The van der Waals surface area contributed by atoms with E-state index in [1.54, 1.807) is 6.07 Å². The first-order valence-electron chi connectivity index (χ1n) is 13.9. The molecule has 6 rings (SSSR count). The van der Waals surface area contributed by atoms with Crippen molar-refractivity contribution in [1.82, 2.24) is 0 Å². The van der Waals surface area contributed by atoms with Crippen molar-refractivity contribution in [2.24, 2.45) is 4.99 Å². The minimum absolute atomic E-state index is 0.158. The molecule has 8 nitrogen and oxygen atoms in total. The van der Waals surface area contributed by atoms with Gasteiger partial charge in [0.15, 0.2) is 0 Å². The van der Waals surface area contributed by atoms with Crippen molar-refractivity contribution in [2.45, 2.75) is 65.0 Å². The number of benzene rings is 3. The number of allylic oxidation sites excluding steroid dienone is 1. The average Bonchev–Trinajstić information content (AvgIpc) is 2.83. The molecule has 9 heteroatoms. The molecule has 42 heavy (non-hydrogen) atoms. The van der Waals surface area contributed by atoms with Crippen molar-refractivity contribution < 1.29 is 27.6 Å². The zero-order valence-corrected chi connectivity index (χ0v) is 25.3. The van der Waals surface area contributed by atoms with Crippen LogP contribution in [0.4, 0.5) is 5.69 Å². The molecule has 0 aromatic heterocycles. The molecule has 0 radical (unpaired) electrons. The highest BCUT2D eigenvalue weighted by Crippen LogP contribution is 2.44. The van der Waals surface area contributed by atoms with Gasteiger partial charge in [-0.15, -0.1) is 0 Å². The maximum Gasteiger partial charge on any atom is 0.336 e. The maximum atomic E-state index is 12.5. The molecule has 3 aliphatic heterocycles. The monoisotopic (exact) mass is 586 g/mol. The van der Waals surface area contributed by atoms with Crippen molar-refractivity contribution >= 4 is 32.9 Å². The van der Waals surface area contributed by atoms with Crippen LogP contribution in [0.15, 0.2) is 53.5 Å². The number of anilines is 1. The third-order valence-electron chi connectivity index (χ3n) is 8.16. The average molecular weight is 587 g/mol. The number of nitrogens with one attached hydrogen (secondary N) is 1. The molecule has 0 saturated carbocycles. The van der Waals surface area contributed by atoms with Crippen LogP contribution in [0.2, 0.25) is 0 Å². The lowest BCUT2D eigenvalue weighted by atomic mass is 9.81. The molecule has 0 saturated heterocycles. The number of fused-ring (bicyclic) bond motifs is 4. The molecule has 0 bridgehead atoms. The first kappa shape index (κ1) is 28.2. The molecule has 0 spiro atoms. The Morgan fingerprint density at radius 2 is 1.76 bits per heavy atom. The van der Waals surface area contributed by atoms with Gasteiger partial charge in [0, 0.05) is 45.7 Å². The van der Waals surface area contributed by atoms with Crippen LogP contribution in [0, 0.1) is 6.92 Å². The van der Waals surface area contributed by atoms with E-state index < -0.39 is 33.3 Å². The molecular weight excluding hydrogens is 552 g/mol. The number of ether oxygens (including phenoxy) is 1. The zero-order valence-electron chi connectivity index (χ0n) is 24.5. The maximum absolute atomic E-state index is 12.5. The number of aromatic carboxylic acids is 1. The van der Waals surface area contributed by atoms with E-state index >= 15 is 0 Å². The lowest BCUT2D eigenvalue weighted by molar-refractivity contribution is 0.0696. The summed E-state index contributed by atoms with van der Waals surface area (Å²) in [5.74, 6) is -0.910. The van der Waals surface area contributed by atoms with E-state index in [0.29, 0.717) is 45.2 Å². The fraction of sp³-hybridized carbons (Fsp3) is 0.333. The molecule has 3 aliphatic rings. The van der Waals surface area contributed by atoms with Gasteiger partial charge in [-0.05, 0) is 82.9 Å². The van der Waals surface area contributed by atoms with Crippen molar-refractivity contribution in [1.29, 1.82) is 0 Å². The van der Waals surface area contributed by atoms with E-state index in [-0.39, 0.29) is 11.1 Å². The minimum Gasteiger partial charge on any atom is -0.478 e. The van der Waals surface area contributed by atoms with Gasteiger partial charge in [0.25, 0.3) is 10.1 Å². The largest absolute Gasteiger partial charge is 0.478 e. The Hall–Kier alpha value is -3.95. The quantitative estimate of drug-likeness (QED) is 0.273. The highest BCUT2D eigenvalue weighted by atomic mass is 32.2. The third kappa shape index (κ3) is 5.01. The van der Waals surface area contributed by atoms with Crippen molar-refractivity contribution in [2.75, 3.05) is 11.1 Å². The Morgan fingerprint density at radius 3 is 2.45 bits per heavy atom. The zero-order chi connectivity index (χ0) is 30.4. The molecule has 3 N–H and O–H groups in total. The van der Waals surface area contributed by atoms with Gasteiger partial charge in [0.1, 0.15) is 11.5 Å². The summed E-state index contributed by atoms with van der Waals surface area (Å²) in [6.07, 6.45) is 2.59. The van der Waals surface area contributed by atoms with Crippen LogP contribution >= 0.6 is 0 Å². The molecule has 1 unspecified atom stereocenters. The number of carbonyl (C=O) groups is 1. The fourth-order valence-electron chi connectivity index (χ4n) is 6.68. The SMILES string of the molecule is CC1=CC(C)(C)Nc2cc3c(cc21)C(c1ccc(C)cc1C(=O)O)=c1cc2c(cc1O3)=NC(C)(C)CC2CS(=O)(=O)O. The number of nitrogens with zero attached hydrogens (tertiary/aromatic N) is 1. The van der Waals surface area contributed by atoms with E-state index in [4.69, 9.17) is 9.73 Å². The summed E-state index contributed by atoms with van der Waals surface area (Å²) in [6.45, 7) is 12.0. The Labute approximate surface area is 245 Å². The van der Waals surface area contributed by atoms with Crippen molar-refractivity contribution in [3.63, 3.8) is 0 Å². The topological polar surface area (TPSA) is 125 Å². The van der Waals surface area contributed by atoms with Crippen LogP contribution in [0.1, 0.15) is 85.1 Å². The minimum atomic E-state index is -4.27. The molecular formula is C33H34N2O6S. The van der Waals surface area contributed by atoms with Crippen LogP contribution in [-0.4, -0.2) is 40.9 Å². The normalized spacial score (nSPS) is 19.5. The summed E-state index contributed by atoms with van der Waals surface area (Å²) in [7, 11) is -4.27. The van der Waals surface area contributed by atoms with Crippen molar-refractivity contribution in [3.05, 3.63) is 92.5 Å². The van der Waals surface area contributed by atoms with Gasteiger partial charge in [0.05, 0.1) is 27.8 Å². The number of carboxylic acid groups (broad SMARTS) is 1. The number of carboxylic acids is 1. The van der Waals surface area contributed by atoms with Gasteiger partial charge < -0.3 is 15.2 Å². The molecule has 0 aliphatic carbocycles. The highest BCUT2D eigenvalue weighted by molar-refractivity contribution is 7.85. The molecule has 3 heterocycles. The Balaban J connectivity index is 1.73. The molecule has 3 aromatic rings. The molecule has 3 aromatic carbocycles. The van der Waals surface area contributed by atoms with Crippen LogP contribution in [0.5, 0.6) is 11.5 Å². The number of aryl methyl sites for hydroxylation is 1. The summed E-state index contributed by atoms with van der Waals surface area (Å²) in [5, 5.41) is 15.1. The summed E-state index contributed by atoms with van der Waals surface area (Å²) < 4.78 is 40.4. The summed E-state index contributed by atoms with van der Waals surface area (Å²) >= 11 is 0. The van der Waals surface area contributed by atoms with Gasteiger partial charge in [-0.1, -0.05) is 23.8 Å². The highest BCUT2D eigenvalue weighted by Gasteiger charge is 2.34. The van der Waals surface area contributed by atoms with E-state index in [2.05, 4.69) is 32.2 Å². The second-order valence-electron chi connectivity index (χ2n) is 12.9. The van der Waals surface area contributed by atoms with E-state index in [1.807, 2.05) is 57.2 Å². The van der Waals surface area contributed by atoms with E-state index in [0.717, 1.165) is 28.0 Å². The first-order chi connectivity index (χ1) is 19.5. The Kier molecular flexibility index (Phi) is 6.22. The van der Waals surface area contributed by atoms with Gasteiger partial charge in [0.2, 0.25) is 0 Å². The Bertz CT molecular complexity index is 1970. The number of hydrogen-bond acceptors (Lipinski definition) is 6. The lowest BCUT2D eigenvalue weighted by Crippen LogP contribution is -2.37.